The second kappa shape index (κ2) is 10.4. The highest BCUT2D eigenvalue weighted by molar-refractivity contribution is 6.04. The molecule has 1 heterocycles. The average Bonchev–Trinajstić information content (AvgIpc) is 3.20. The Kier molecular flexibility index (Phi) is 7.15. The van der Waals surface area contributed by atoms with Crippen molar-refractivity contribution in [2.45, 2.75) is 32.5 Å². The van der Waals surface area contributed by atoms with E-state index in [1.807, 2.05) is 56.3 Å². The van der Waals surface area contributed by atoms with E-state index in [9.17, 15) is 14.4 Å². The molecule has 1 N–H and O–H groups in total. The Bertz CT molecular complexity index is 1190. The molecule has 2 unspecified atom stereocenters. The van der Waals surface area contributed by atoms with Crippen LogP contribution in [0.2, 0.25) is 0 Å². The maximum absolute atomic E-state index is 13.3. The molecular weight excluding hydrogens is 442 g/mol. The number of rotatable bonds is 7. The molecular formula is C28H29N3O4. The minimum atomic E-state index is -0.791. The van der Waals surface area contributed by atoms with E-state index in [2.05, 4.69) is 5.32 Å². The molecule has 7 nitrogen and oxygen atoms in total. The highest BCUT2D eigenvalue weighted by Gasteiger charge is 2.47. The number of hydrogen-bond acceptors (Lipinski definition) is 4. The van der Waals surface area contributed by atoms with Crippen LogP contribution in [0.5, 0.6) is 0 Å². The van der Waals surface area contributed by atoms with E-state index in [1.165, 1.54) is 4.90 Å². The van der Waals surface area contributed by atoms with Crippen LogP contribution in [0.3, 0.4) is 0 Å². The fourth-order valence-electron chi connectivity index (χ4n) is 4.02. The van der Waals surface area contributed by atoms with E-state index in [1.54, 1.807) is 48.3 Å². The molecule has 1 aliphatic heterocycles. The van der Waals surface area contributed by atoms with Crippen LogP contribution in [0.1, 0.15) is 40.1 Å². The van der Waals surface area contributed by atoms with Crippen LogP contribution >= 0.6 is 0 Å². The molecule has 1 fully saturated rings. The van der Waals surface area contributed by atoms with Gasteiger partial charge in [0.1, 0.15) is 0 Å². The van der Waals surface area contributed by atoms with Gasteiger partial charge in [-0.3, -0.25) is 14.5 Å². The molecule has 7 heteroatoms. The van der Waals surface area contributed by atoms with Crippen molar-refractivity contribution < 1.29 is 19.1 Å². The molecule has 0 aromatic heterocycles. The Hall–Kier alpha value is -4.13. The van der Waals surface area contributed by atoms with E-state index < -0.39 is 18.2 Å². The summed E-state index contributed by atoms with van der Waals surface area (Å²) in [6, 6.07) is 23.1. The molecule has 1 saturated heterocycles. The van der Waals surface area contributed by atoms with Gasteiger partial charge in [0.05, 0.1) is 6.54 Å². The molecule has 0 saturated carbocycles. The van der Waals surface area contributed by atoms with Crippen molar-refractivity contribution >= 4 is 23.6 Å². The second-order valence-electron chi connectivity index (χ2n) is 8.66. The summed E-state index contributed by atoms with van der Waals surface area (Å²) in [6.07, 6.45) is -1.28. The van der Waals surface area contributed by atoms with Crippen LogP contribution in [0, 0.1) is 6.92 Å². The first-order valence-electron chi connectivity index (χ1n) is 11.6. The van der Waals surface area contributed by atoms with Crippen LogP contribution in [0.25, 0.3) is 0 Å². The van der Waals surface area contributed by atoms with E-state index in [0.29, 0.717) is 23.4 Å². The molecule has 4 rings (SSSR count). The first-order chi connectivity index (χ1) is 16.9. The van der Waals surface area contributed by atoms with Gasteiger partial charge in [0.25, 0.3) is 5.91 Å². The Morgan fingerprint density at radius 3 is 2.26 bits per heavy atom. The van der Waals surface area contributed by atoms with Crippen molar-refractivity contribution in [1.29, 1.82) is 0 Å². The Balaban J connectivity index is 1.55. The van der Waals surface area contributed by atoms with Crippen LogP contribution < -0.4 is 5.32 Å². The molecule has 3 aromatic rings. The van der Waals surface area contributed by atoms with E-state index in [-0.39, 0.29) is 18.4 Å². The van der Waals surface area contributed by atoms with E-state index in [0.717, 1.165) is 11.1 Å². The largest absolute Gasteiger partial charge is 0.438 e. The number of nitrogens with zero attached hydrogens (tertiary/aromatic N) is 2. The van der Waals surface area contributed by atoms with Crippen molar-refractivity contribution in [3.8, 4) is 0 Å². The Labute approximate surface area is 205 Å². The molecule has 0 radical (unpaired) electrons. The predicted molar refractivity (Wildman–Crippen MR) is 134 cm³/mol. The lowest BCUT2D eigenvalue weighted by atomic mass is 10.00. The number of cyclic esters (lactones) is 1. The standard InChI is InChI=1S/C28H29N3O4/c1-4-30(3)27(33)24-25(35-28(34)31(24)18-20-8-6-5-7-9-20)21-14-16-23(17-15-21)29-26(32)22-12-10-19(2)11-13-22/h5-17,24-25H,4,18H2,1-3H3,(H,29,32). The fourth-order valence-corrected chi connectivity index (χ4v) is 4.02. The van der Waals surface area contributed by atoms with E-state index >= 15 is 0 Å². The molecule has 3 aromatic carbocycles. The van der Waals surface area contributed by atoms with Gasteiger partial charge >= 0.3 is 6.09 Å². The predicted octanol–water partition coefficient (Wildman–Crippen LogP) is 4.79. The van der Waals surface area contributed by atoms with Gasteiger partial charge in [-0.2, -0.15) is 0 Å². The van der Waals surface area contributed by atoms with Crippen molar-refractivity contribution in [2.24, 2.45) is 0 Å². The number of hydrogen-bond donors (Lipinski definition) is 1. The number of ether oxygens (including phenoxy) is 1. The van der Waals surface area contributed by atoms with Crippen LogP contribution in [0.4, 0.5) is 10.5 Å². The Morgan fingerprint density at radius 2 is 1.63 bits per heavy atom. The lowest BCUT2D eigenvalue weighted by Gasteiger charge is -2.28. The Morgan fingerprint density at radius 1 is 0.971 bits per heavy atom. The number of carbonyl (C=O) groups excluding carboxylic acids is 3. The number of anilines is 1. The smallest absolute Gasteiger partial charge is 0.411 e. The number of carbonyl (C=O) groups is 3. The van der Waals surface area contributed by atoms with Gasteiger partial charge in [0, 0.05) is 24.8 Å². The fraction of sp³-hybridized carbons (Fsp3) is 0.250. The summed E-state index contributed by atoms with van der Waals surface area (Å²) in [7, 11) is 1.71. The molecule has 0 aliphatic carbocycles. The molecule has 1 aliphatic rings. The summed E-state index contributed by atoms with van der Waals surface area (Å²) in [5.41, 5.74) is 3.85. The zero-order valence-corrected chi connectivity index (χ0v) is 20.1. The maximum atomic E-state index is 13.3. The van der Waals surface area contributed by atoms with Crippen LogP contribution in [0.15, 0.2) is 78.9 Å². The highest BCUT2D eigenvalue weighted by atomic mass is 16.6. The summed E-state index contributed by atoms with van der Waals surface area (Å²) in [6.45, 7) is 4.64. The third-order valence-electron chi connectivity index (χ3n) is 6.20. The zero-order valence-electron chi connectivity index (χ0n) is 20.1. The zero-order chi connectivity index (χ0) is 24.9. The maximum Gasteiger partial charge on any atom is 0.411 e. The molecule has 180 valence electrons. The summed E-state index contributed by atoms with van der Waals surface area (Å²) < 4.78 is 5.71. The lowest BCUT2D eigenvalue weighted by molar-refractivity contribution is -0.135. The summed E-state index contributed by atoms with van der Waals surface area (Å²) in [5.74, 6) is -0.396. The van der Waals surface area contributed by atoms with Gasteiger partial charge < -0.3 is 15.0 Å². The summed E-state index contributed by atoms with van der Waals surface area (Å²) >= 11 is 0. The third kappa shape index (κ3) is 5.35. The van der Waals surface area contributed by atoms with Crippen molar-refractivity contribution in [3.05, 3.63) is 101 Å². The quantitative estimate of drug-likeness (QED) is 0.538. The highest BCUT2D eigenvalue weighted by Crippen LogP contribution is 2.35. The second-order valence-corrected chi connectivity index (χ2v) is 8.66. The van der Waals surface area contributed by atoms with Crippen LogP contribution in [-0.4, -0.2) is 47.3 Å². The van der Waals surface area contributed by atoms with Gasteiger partial charge in [0.15, 0.2) is 12.1 Å². The molecule has 0 spiro atoms. The van der Waals surface area contributed by atoms with Crippen molar-refractivity contribution in [3.63, 3.8) is 0 Å². The number of likely N-dealkylation sites (N-methyl/N-ethyl adjacent to an activating group) is 1. The SMILES string of the molecule is CCN(C)C(=O)C1C(c2ccc(NC(=O)c3ccc(C)cc3)cc2)OC(=O)N1Cc1ccccc1. The average molecular weight is 472 g/mol. The van der Waals surface area contributed by atoms with Gasteiger partial charge in [-0.05, 0) is 49.2 Å². The number of aryl methyl sites for hydroxylation is 1. The summed E-state index contributed by atoms with van der Waals surface area (Å²) in [4.78, 5) is 41.8. The first kappa shape index (κ1) is 24.0. The first-order valence-corrected chi connectivity index (χ1v) is 11.6. The molecule has 2 atom stereocenters. The minimum absolute atomic E-state index is 0.184. The van der Waals surface area contributed by atoms with E-state index in [4.69, 9.17) is 4.74 Å². The molecule has 3 amide bonds. The lowest BCUT2D eigenvalue weighted by Crippen LogP contribution is -2.46. The van der Waals surface area contributed by atoms with Gasteiger partial charge in [-0.1, -0.05) is 60.2 Å². The van der Waals surface area contributed by atoms with Crippen LogP contribution in [-0.2, 0) is 16.1 Å². The van der Waals surface area contributed by atoms with Crippen molar-refractivity contribution in [2.75, 3.05) is 18.9 Å². The normalized spacial score (nSPS) is 17.1. The third-order valence-corrected chi connectivity index (χ3v) is 6.20. The molecule has 35 heavy (non-hydrogen) atoms. The number of nitrogens with one attached hydrogen (secondary N) is 1. The minimum Gasteiger partial charge on any atom is -0.438 e. The number of amides is 3. The monoisotopic (exact) mass is 471 g/mol. The summed E-state index contributed by atoms with van der Waals surface area (Å²) in [5, 5.41) is 2.87. The van der Waals surface area contributed by atoms with Gasteiger partial charge in [-0.25, -0.2) is 4.79 Å². The molecule has 0 bridgehead atoms. The van der Waals surface area contributed by atoms with Gasteiger partial charge in [-0.15, -0.1) is 0 Å². The topological polar surface area (TPSA) is 79.0 Å². The number of benzene rings is 3. The van der Waals surface area contributed by atoms with Crippen molar-refractivity contribution in [1.82, 2.24) is 9.80 Å². The van der Waals surface area contributed by atoms with Gasteiger partial charge in [0.2, 0.25) is 5.91 Å².